The van der Waals surface area contributed by atoms with Crippen LogP contribution in [0.5, 0.6) is 0 Å². The molecule has 5 nitrogen and oxygen atoms in total. The summed E-state index contributed by atoms with van der Waals surface area (Å²) in [6, 6.07) is -0.132. The molecule has 18 heavy (non-hydrogen) atoms. The van der Waals surface area contributed by atoms with Gasteiger partial charge in [-0.25, -0.2) is 0 Å². The quantitative estimate of drug-likeness (QED) is 0.676. The van der Waals surface area contributed by atoms with Gasteiger partial charge in [-0.1, -0.05) is 6.42 Å². The second-order valence-electron chi connectivity index (χ2n) is 5.35. The lowest BCUT2D eigenvalue weighted by Crippen LogP contribution is -2.42. The van der Waals surface area contributed by atoms with E-state index in [-0.39, 0.29) is 17.9 Å². The number of carbonyl (C=O) groups is 1. The van der Waals surface area contributed by atoms with Gasteiger partial charge in [0, 0.05) is 12.6 Å². The molecule has 0 aromatic carbocycles. The van der Waals surface area contributed by atoms with E-state index in [0.717, 1.165) is 19.5 Å². The van der Waals surface area contributed by atoms with E-state index < -0.39 is 0 Å². The first-order chi connectivity index (χ1) is 8.77. The van der Waals surface area contributed by atoms with Crippen LogP contribution in [0, 0.1) is 5.92 Å². The minimum absolute atomic E-state index is 0.0543. The maximum atomic E-state index is 11.8. The molecule has 2 saturated heterocycles. The Labute approximate surface area is 109 Å². The molecule has 0 aromatic heterocycles. The molecule has 0 aromatic rings. The molecule has 104 valence electrons. The van der Waals surface area contributed by atoms with Crippen molar-refractivity contribution in [3.05, 3.63) is 0 Å². The van der Waals surface area contributed by atoms with Crippen LogP contribution in [0.2, 0.25) is 0 Å². The molecule has 2 atom stereocenters. The predicted octanol–water partition coefficient (Wildman–Crippen LogP) is -0.0477. The second kappa shape index (κ2) is 7.07. The number of nitrogens with two attached hydrogens (primary N) is 1. The lowest BCUT2D eigenvalue weighted by atomic mass is 10.0. The Balaban J connectivity index is 1.56. The minimum Gasteiger partial charge on any atom is -0.379 e. The van der Waals surface area contributed by atoms with Crippen molar-refractivity contribution in [2.24, 2.45) is 11.7 Å². The van der Waals surface area contributed by atoms with Gasteiger partial charge in [-0.15, -0.1) is 0 Å². The number of nitrogens with zero attached hydrogens (tertiary/aromatic N) is 1. The zero-order chi connectivity index (χ0) is 12.8. The highest BCUT2D eigenvalue weighted by Crippen LogP contribution is 2.11. The average Bonchev–Trinajstić information content (AvgIpc) is 2.82. The third-order valence-electron chi connectivity index (χ3n) is 3.86. The number of carbonyl (C=O) groups excluding carboxylic acids is 1. The van der Waals surface area contributed by atoms with Gasteiger partial charge in [0.1, 0.15) is 0 Å². The van der Waals surface area contributed by atoms with Crippen molar-refractivity contribution in [1.82, 2.24) is 10.2 Å². The first kappa shape index (κ1) is 13.8. The Morgan fingerprint density at radius 2 is 2.06 bits per heavy atom. The maximum Gasteiger partial charge on any atom is 0.227 e. The summed E-state index contributed by atoms with van der Waals surface area (Å²) >= 11 is 0. The third kappa shape index (κ3) is 3.93. The van der Waals surface area contributed by atoms with E-state index in [4.69, 9.17) is 10.5 Å². The van der Waals surface area contributed by atoms with Gasteiger partial charge >= 0.3 is 0 Å². The molecule has 2 heterocycles. The summed E-state index contributed by atoms with van der Waals surface area (Å²) in [5.74, 6) is -0.0985. The molecular weight excluding hydrogens is 230 g/mol. The highest BCUT2D eigenvalue weighted by Gasteiger charge is 2.30. The Kier molecular flexibility index (Phi) is 5.41. The Bertz CT molecular complexity index is 267. The Morgan fingerprint density at radius 1 is 1.28 bits per heavy atom. The van der Waals surface area contributed by atoms with Crippen LogP contribution >= 0.6 is 0 Å². The highest BCUT2D eigenvalue weighted by molar-refractivity contribution is 5.79. The van der Waals surface area contributed by atoms with Gasteiger partial charge in [0.25, 0.3) is 0 Å². The van der Waals surface area contributed by atoms with Crippen molar-refractivity contribution in [2.75, 3.05) is 39.4 Å². The molecule has 0 saturated carbocycles. The van der Waals surface area contributed by atoms with Crippen LogP contribution in [0.25, 0.3) is 0 Å². The Morgan fingerprint density at radius 3 is 2.72 bits per heavy atom. The monoisotopic (exact) mass is 255 g/mol. The van der Waals surface area contributed by atoms with E-state index in [2.05, 4.69) is 10.2 Å². The summed E-state index contributed by atoms with van der Waals surface area (Å²) in [5.41, 5.74) is 5.81. The molecular formula is C13H25N3O2. The fraction of sp³-hybridized carbons (Fsp3) is 0.923. The summed E-state index contributed by atoms with van der Waals surface area (Å²) in [6.07, 6.45) is 5.03. The van der Waals surface area contributed by atoms with E-state index in [1.165, 1.54) is 32.4 Å². The number of hydrogen-bond donors (Lipinski definition) is 2. The van der Waals surface area contributed by atoms with E-state index in [1.54, 1.807) is 0 Å². The fourth-order valence-corrected chi connectivity index (χ4v) is 2.67. The molecule has 2 unspecified atom stereocenters. The van der Waals surface area contributed by atoms with Crippen LogP contribution in [0.15, 0.2) is 0 Å². The van der Waals surface area contributed by atoms with Gasteiger partial charge in [-0.05, 0) is 38.9 Å². The molecule has 0 spiro atoms. The smallest absolute Gasteiger partial charge is 0.227 e. The van der Waals surface area contributed by atoms with Crippen molar-refractivity contribution in [3.63, 3.8) is 0 Å². The SMILES string of the molecule is NC1COCC1C(=O)NCCCN1CCCCC1. The normalized spacial score (nSPS) is 29.4. The minimum atomic E-state index is -0.153. The summed E-state index contributed by atoms with van der Waals surface area (Å²) in [6.45, 7) is 5.25. The van der Waals surface area contributed by atoms with Gasteiger partial charge in [0.05, 0.1) is 19.1 Å². The molecule has 2 aliphatic rings. The molecule has 0 radical (unpaired) electrons. The van der Waals surface area contributed by atoms with E-state index in [1.807, 2.05) is 0 Å². The van der Waals surface area contributed by atoms with Crippen molar-refractivity contribution < 1.29 is 9.53 Å². The Hall–Kier alpha value is -0.650. The summed E-state index contributed by atoms with van der Waals surface area (Å²) in [4.78, 5) is 14.3. The van der Waals surface area contributed by atoms with Crippen LogP contribution in [0.4, 0.5) is 0 Å². The summed E-state index contributed by atoms with van der Waals surface area (Å²) in [7, 11) is 0. The molecule has 2 rings (SSSR count). The largest absolute Gasteiger partial charge is 0.379 e. The van der Waals surface area contributed by atoms with E-state index in [9.17, 15) is 4.79 Å². The number of likely N-dealkylation sites (tertiary alicyclic amines) is 1. The van der Waals surface area contributed by atoms with E-state index in [0.29, 0.717) is 13.2 Å². The molecule has 1 amide bonds. The third-order valence-corrected chi connectivity index (χ3v) is 3.86. The number of nitrogens with one attached hydrogen (secondary N) is 1. The van der Waals surface area contributed by atoms with Crippen LogP contribution in [-0.2, 0) is 9.53 Å². The molecule has 2 aliphatic heterocycles. The first-order valence-corrected chi connectivity index (χ1v) is 7.11. The highest BCUT2D eigenvalue weighted by atomic mass is 16.5. The number of piperidine rings is 1. The maximum absolute atomic E-state index is 11.8. The molecule has 3 N–H and O–H groups in total. The van der Waals surface area contributed by atoms with Gasteiger partial charge < -0.3 is 20.7 Å². The van der Waals surface area contributed by atoms with Crippen LogP contribution in [0.1, 0.15) is 25.7 Å². The number of amides is 1. The van der Waals surface area contributed by atoms with E-state index >= 15 is 0 Å². The van der Waals surface area contributed by atoms with Gasteiger partial charge in [-0.3, -0.25) is 4.79 Å². The second-order valence-corrected chi connectivity index (χ2v) is 5.35. The summed E-state index contributed by atoms with van der Waals surface area (Å²) < 4.78 is 5.20. The van der Waals surface area contributed by atoms with Crippen molar-refractivity contribution in [2.45, 2.75) is 31.7 Å². The van der Waals surface area contributed by atoms with Crippen LogP contribution in [0.3, 0.4) is 0 Å². The van der Waals surface area contributed by atoms with Crippen molar-refractivity contribution in [3.8, 4) is 0 Å². The summed E-state index contributed by atoms with van der Waals surface area (Å²) in [5, 5.41) is 2.97. The molecule has 0 bridgehead atoms. The predicted molar refractivity (Wildman–Crippen MR) is 70.2 cm³/mol. The van der Waals surface area contributed by atoms with Crippen LogP contribution in [-0.4, -0.2) is 56.2 Å². The average molecular weight is 255 g/mol. The molecule has 0 aliphatic carbocycles. The topological polar surface area (TPSA) is 67.6 Å². The molecule has 5 heteroatoms. The van der Waals surface area contributed by atoms with Crippen LogP contribution < -0.4 is 11.1 Å². The lowest BCUT2D eigenvalue weighted by molar-refractivity contribution is -0.125. The van der Waals surface area contributed by atoms with Gasteiger partial charge in [0.2, 0.25) is 5.91 Å². The number of ether oxygens (including phenoxy) is 1. The first-order valence-electron chi connectivity index (χ1n) is 7.11. The number of hydrogen-bond acceptors (Lipinski definition) is 4. The molecule has 2 fully saturated rings. The van der Waals surface area contributed by atoms with Crippen molar-refractivity contribution in [1.29, 1.82) is 0 Å². The van der Waals surface area contributed by atoms with Crippen molar-refractivity contribution >= 4 is 5.91 Å². The number of rotatable bonds is 5. The van der Waals surface area contributed by atoms with Gasteiger partial charge in [-0.2, -0.15) is 0 Å². The lowest BCUT2D eigenvalue weighted by Gasteiger charge is -2.26. The zero-order valence-electron chi connectivity index (χ0n) is 11.1. The van der Waals surface area contributed by atoms with Gasteiger partial charge in [0.15, 0.2) is 0 Å². The zero-order valence-corrected chi connectivity index (χ0v) is 11.1. The standard InChI is InChI=1S/C13H25N3O2/c14-12-10-18-9-11(12)13(17)15-5-4-8-16-6-2-1-3-7-16/h11-12H,1-10,14H2,(H,15,17). The fourth-order valence-electron chi connectivity index (χ4n) is 2.67.